The second-order valence-corrected chi connectivity index (χ2v) is 6.37. The fraction of sp³-hybridized carbons (Fsp3) is 0.238. The molecule has 6 nitrogen and oxygen atoms in total. The summed E-state index contributed by atoms with van der Waals surface area (Å²) < 4.78 is 0. The number of carbonyl (C=O) groups excluding carboxylic acids is 1. The number of hydrogen-bond donors (Lipinski definition) is 1. The van der Waals surface area contributed by atoms with Crippen molar-refractivity contribution >= 4 is 11.9 Å². The minimum Gasteiger partial charge on any atom is -0.344 e. The van der Waals surface area contributed by atoms with E-state index in [1.54, 1.807) is 24.7 Å². The average Bonchev–Trinajstić information content (AvgIpc) is 2.73. The molecule has 6 heteroatoms. The summed E-state index contributed by atoms with van der Waals surface area (Å²) in [4.78, 5) is 27.2. The molecule has 0 aliphatic carbocycles. The predicted molar refractivity (Wildman–Crippen MR) is 106 cm³/mol. The number of likely N-dealkylation sites (N-methyl/N-ethyl adjacent to an activating group) is 1. The van der Waals surface area contributed by atoms with Gasteiger partial charge in [0.15, 0.2) is 0 Å². The highest BCUT2D eigenvalue weighted by atomic mass is 16.1. The van der Waals surface area contributed by atoms with E-state index in [4.69, 9.17) is 0 Å². The third kappa shape index (κ3) is 5.10. The minimum absolute atomic E-state index is 0.0958. The van der Waals surface area contributed by atoms with Crippen LogP contribution in [0.15, 0.2) is 67.1 Å². The lowest BCUT2D eigenvalue weighted by Gasteiger charge is -2.18. The normalized spacial score (nSPS) is 11.6. The van der Waals surface area contributed by atoms with E-state index >= 15 is 0 Å². The Labute approximate surface area is 159 Å². The van der Waals surface area contributed by atoms with Crippen LogP contribution in [0.4, 0.5) is 5.95 Å². The quantitative estimate of drug-likeness (QED) is 0.700. The number of benzene rings is 1. The summed E-state index contributed by atoms with van der Waals surface area (Å²) in [5, 5.41) is 2.98. The molecule has 0 saturated carbocycles. The molecule has 0 aliphatic heterocycles. The highest BCUT2D eigenvalue weighted by Crippen LogP contribution is 2.13. The van der Waals surface area contributed by atoms with Crippen LogP contribution in [-0.2, 0) is 6.42 Å². The summed E-state index contributed by atoms with van der Waals surface area (Å²) in [5.74, 6) is 0.321. The Morgan fingerprint density at radius 3 is 2.56 bits per heavy atom. The summed E-state index contributed by atoms with van der Waals surface area (Å²) in [6.45, 7) is 2.70. The number of aromatic nitrogens is 3. The Kier molecular flexibility index (Phi) is 6.10. The van der Waals surface area contributed by atoms with Crippen molar-refractivity contribution in [3.63, 3.8) is 0 Å². The number of nitrogens with zero attached hydrogens (tertiary/aromatic N) is 4. The zero-order valence-corrected chi connectivity index (χ0v) is 15.5. The highest BCUT2D eigenvalue weighted by molar-refractivity contribution is 5.92. The van der Waals surface area contributed by atoms with Gasteiger partial charge in [-0.15, -0.1) is 0 Å². The molecule has 0 fully saturated rings. The molecule has 1 aromatic carbocycles. The molecule has 0 saturated heterocycles. The smallest absolute Gasteiger partial charge is 0.270 e. The van der Waals surface area contributed by atoms with Gasteiger partial charge in [0.1, 0.15) is 5.69 Å². The molecule has 0 spiro atoms. The van der Waals surface area contributed by atoms with Gasteiger partial charge in [-0.05, 0) is 42.7 Å². The molecule has 27 heavy (non-hydrogen) atoms. The van der Waals surface area contributed by atoms with Gasteiger partial charge in [-0.3, -0.25) is 9.78 Å². The lowest BCUT2D eigenvalue weighted by Crippen LogP contribution is -2.29. The first-order valence-corrected chi connectivity index (χ1v) is 8.92. The van der Waals surface area contributed by atoms with E-state index in [2.05, 4.69) is 20.3 Å². The SMILES string of the molecule is CC(NC(=O)c1ccnc(N(C)CCc2ccncc2)n1)c1ccccc1. The van der Waals surface area contributed by atoms with Crippen molar-refractivity contribution < 1.29 is 4.79 Å². The monoisotopic (exact) mass is 361 g/mol. The van der Waals surface area contributed by atoms with Gasteiger partial charge in [-0.25, -0.2) is 9.97 Å². The molecular formula is C21H23N5O. The van der Waals surface area contributed by atoms with Crippen LogP contribution in [0.2, 0.25) is 0 Å². The van der Waals surface area contributed by atoms with Crippen LogP contribution in [0, 0.1) is 0 Å². The molecule has 2 heterocycles. The lowest BCUT2D eigenvalue weighted by atomic mass is 10.1. The second-order valence-electron chi connectivity index (χ2n) is 6.37. The molecule has 1 atom stereocenters. The number of rotatable bonds is 7. The molecule has 2 aromatic heterocycles. The van der Waals surface area contributed by atoms with E-state index in [1.807, 2.05) is 61.3 Å². The zero-order chi connectivity index (χ0) is 19.1. The van der Waals surface area contributed by atoms with Gasteiger partial charge < -0.3 is 10.2 Å². The van der Waals surface area contributed by atoms with Crippen molar-refractivity contribution in [2.24, 2.45) is 0 Å². The van der Waals surface area contributed by atoms with Crippen molar-refractivity contribution in [3.8, 4) is 0 Å². The molecule has 0 bridgehead atoms. The maximum Gasteiger partial charge on any atom is 0.270 e. The number of nitrogens with one attached hydrogen (secondary N) is 1. The van der Waals surface area contributed by atoms with Gasteiger partial charge in [0.05, 0.1) is 6.04 Å². The average molecular weight is 361 g/mol. The van der Waals surface area contributed by atoms with Crippen LogP contribution in [0.25, 0.3) is 0 Å². The Morgan fingerprint density at radius 2 is 1.81 bits per heavy atom. The Hall–Kier alpha value is -3.28. The summed E-state index contributed by atoms with van der Waals surface area (Å²) in [5.41, 5.74) is 2.61. The molecule has 1 N–H and O–H groups in total. The summed E-state index contributed by atoms with van der Waals surface area (Å²) in [6, 6.07) is 15.4. The van der Waals surface area contributed by atoms with Crippen LogP contribution >= 0.6 is 0 Å². The summed E-state index contributed by atoms with van der Waals surface area (Å²) >= 11 is 0. The molecule has 3 aromatic rings. The summed E-state index contributed by atoms with van der Waals surface area (Å²) in [7, 11) is 1.92. The molecule has 3 rings (SSSR count). The maximum absolute atomic E-state index is 12.6. The van der Waals surface area contributed by atoms with Gasteiger partial charge in [-0.2, -0.15) is 0 Å². The topological polar surface area (TPSA) is 71.0 Å². The Balaban J connectivity index is 1.63. The van der Waals surface area contributed by atoms with Gasteiger partial charge in [0.25, 0.3) is 5.91 Å². The molecular weight excluding hydrogens is 338 g/mol. The molecule has 0 aliphatic rings. The predicted octanol–water partition coefficient (Wildman–Crippen LogP) is 3.04. The first kappa shape index (κ1) is 18.5. The number of carbonyl (C=O) groups is 1. The maximum atomic E-state index is 12.6. The molecule has 1 amide bonds. The molecule has 138 valence electrons. The standard InChI is InChI=1S/C21H23N5O/c1-16(18-6-4-3-5-7-18)24-20(27)19-10-14-23-21(25-19)26(2)15-11-17-8-12-22-13-9-17/h3-10,12-14,16H,11,15H2,1-2H3,(H,24,27). The fourth-order valence-corrected chi connectivity index (χ4v) is 2.70. The van der Waals surface area contributed by atoms with Crippen LogP contribution in [0.1, 0.15) is 34.6 Å². The third-order valence-electron chi connectivity index (χ3n) is 4.35. The lowest BCUT2D eigenvalue weighted by molar-refractivity contribution is 0.0934. The number of amides is 1. The van der Waals surface area contributed by atoms with E-state index in [0.717, 1.165) is 18.5 Å². The van der Waals surface area contributed by atoms with Crippen molar-refractivity contribution in [1.82, 2.24) is 20.3 Å². The van der Waals surface area contributed by atoms with Gasteiger partial charge in [-0.1, -0.05) is 30.3 Å². The van der Waals surface area contributed by atoms with Crippen molar-refractivity contribution in [2.45, 2.75) is 19.4 Å². The molecule has 0 radical (unpaired) electrons. The highest BCUT2D eigenvalue weighted by Gasteiger charge is 2.14. The number of pyridine rings is 1. The van der Waals surface area contributed by atoms with Crippen LogP contribution < -0.4 is 10.2 Å². The molecule has 1 unspecified atom stereocenters. The van der Waals surface area contributed by atoms with Gasteiger partial charge in [0, 0.05) is 32.2 Å². The van der Waals surface area contributed by atoms with Gasteiger partial charge >= 0.3 is 0 Å². The van der Waals surface area contributed by atoms with Crippen molar-refractivity contribution in [3.05, 3.63) is 83.9 Å². The van der Waals surface area contributed by atoms with Crippen molar-refractivity contribution in [2.75, 3.05) is 18.5 Å². The van der Waals surface area contributed by atoms with Gasteiger partial charge in [0.2, 0.25) is 5.95 Å². The van der Waals surface area contributed by atoms with E-state index in [0.29, 0.717) is 11.6 Å². The van der Waals surface area contributed by atoms with E-state index < -0.39 is 0 Å². The Bertz CT molecular complexity index is 870. The van der Waals surface area contributed by atoms with Crippen LogP contribution in [-0.4, -0.2) is 34.5 Å². The Morgan fingerprint density at radius 1 is 1.07 bits per heavy atom. The number of hydrogen-bond acceptors (Lipinski definition) is 5. The number of anilines is 1. The third-order valence-corrected chi connectivity index (χ3v) is 4.35. The first-order valence-electron chi connectivity index (χ1n) is 8.92. The van der Waals surface area contributed by atoms with Crippen LogP contribution in [0.3, 0.4) is 0 Å². The van der Waals surface area contributed by atoms with E-state index in [9.17, 15) is 4.79 Å². The van der Waals surface area contributed by atoms with E-state index in [1.165, 1.54) is 5.56 Å². The van der Waals surface area contributed by atoms with Crippen molar-refractivity contribution in [1.29, 1.82) is 0 Å². The van der Waals surface area contributed by atoms with E-state index in [-0.39, 0.29) is 11.9 Å². The van der Waals surface area contributed by atoms with Crippen LogP contribution in [0.5, 0.6) is 0 Å². The first-order chi connectivity index (χ1) is 13.1. The zero-order valence-electron chi connectivity index (χ0n) is 15.5. The second kappa shape index (κ2) is 8.89. The fourth-order valence-electron chi connectivity index (χ4n) is 2.70. The minimum atomic E-state index is -0.211. The summed E-state index contributed by atoms with van der Waals surface area (Å²) in [6.07, 6.45) is 6.03. The largest absolute Gasteiger partial charge is 0.344 e.